The lowest BCUT2D eigenvalue weighted by molar-refractivity contribution is -0.302. The van der Waals surface area contributed by atoms with Crippen molar-refractivity contribution in [2.24, 2.45) is 0 Å². The second-order valence-corrected chi connectivity index (χ2v) is 14.5. The molecule has 23 heavy (non-hydrogen) atoms. The van der Waals surface area contributed by atoms with Gasteiger partial charge in [-0.2, -0.15) is 0 Å². The smallest absolute Gasteiger partial charge is 0.308 e. The van der Waals surface area contributed by atoms with Crippen LogP contribution in [0.25, 0.3) is 0 Å². The molecule has 4 atom stereocenters. The Morgan fingerprint density at radius 1 is 1.22 bits per heavy atom. The molecule has 0 bridgehead atoms. The summed E-state index contributed by atoms with van der Waals surface area (Å²) < 4.78 is 23.3. The fourth-order valence-electron chi connectivity index (χ4n) is 3.15. The number of hydrogen-bond donors (Lipinski definition) is 0. The van der Waals surface area contributed by atoms with Gasteiger partial charge in [0.1, 0.15) is 11.7 Å². The number of epoxide rings is 1. The van der Waals surface area contributed by atoms with Crippen LogP contribution < -0.4 is 0 Å². The number of ether oxygens (including phenoxy) is 4. The molecule has 0 unspecified atom stereocenters. The number of carbonyl (C=O) groups is 1. The first-order valence-electron chi connectivity index (χ1n) is 8.50. The lowest BCUT2D eigenvalue weighted by Gasteiger charge is -2.40. The predicted molar refractivity (Wildman–Crippen MR) is 90.9 cm³/mol. The van der Waals surface area contributed by atoms with E-state index in [9.17, 15) is 4.79 Å². The Morgan fingerprint density at radius 2 is 1.83 bits per heavy atom. The topological polar surface area (TPSA) is 57.3 Å². The van der Waals surface area contributed by atoms with Crippen LogP contribution in [0.15, 0.2) is 0 Å². The van der Waals surface area contributed by atoms with Gasteiger partial charge in [0.2, 0.25) is 0 Å². The largest absolute Gasteiger partial charge is 0.460 e. The molecule has 2 heterocycles. The van der Waals surface area contributed by atoms with Gasteiger partial charge in [-0.25, -0.2) is 0 Å². The lowest BCUT2D eigenvalue weighted by atomic mass is 10.0. The maximum absolute atomic E-state index is 12.1. The van der Waals surface area contributed by atoms with E-state index < -0.39 is 19.5 Å². The van der Waals surface area contributed by atoms with Crippen molar-refractivity contribution in [2.45, 2.75) is 103 Å². The molecule has 0 spiro atoms. The quantitative estimate of drug-likeness (QED) is 0.445. The van der Waals surface area contributed by atoms with Gasteiger partial charge in [0.15, 0.2) is 5.79 Å². The van der Waals surface area contributed by atoms with Crippen LogP contribution in [0.2, 0.25) is 19.6 Å². The highest BCUT2D eigenvalue weighted by molar-refractivity contribution is 6.78. The van der Waals surface area contributed by atoms with Crippen molar-refractivity contribution in [2.75, 3.05) is 0 Å². The first-order valence-corrected chi connectivity index (χ1v) is 12.1. The monoisotopic (exact) mass is 344 g/mol. The molecular formula is C17H32O5Si. The zero-order valence-electron chi connectivity index (χ0n) is 15.8. The van der Waals surface area contributed by atoms with E-state index in [1.165, 1.54) is 0 Å². The molecule has 0 aromatic carbocycles. The summed E-state index contributed by atoms with van der Waals surface area (Å²) in [5, 5.41) is 0. The molecule has 2 saturated heterocycles. The van der Waals surface area contributed by atoms with Gasteiger partial charge in [-0.1, -0.05) is 19.6 Å². The Hall–Kier alpha value is -0.433. The van der Waals surface area contributed by atoms with Gasteiger partial charge >= 0.3 is 5.97 Å². The molecule has 0 amide bonds. The summed E-state index contributed by atoms with van der Waals surface area (Å²) in [7, 11) is -1.34. The summed E-state index contributed by atoms with van der Waals surface area (Å²) in [6, 6.07) is 0. The van der Waals surface area contributed by atoms with Crippen LogP contribution in [-0.4, -0.2) is 49.5 Å². The van der Waals surface area contributed by atoms with Gasteiger partial charge in [-0.05, 0) is 34.6 Å². The fourth-order valence-corrected chi connectivity index (χ4v) is 4.91. The van der Waals surface area contributed by atoms with E-state index in [-0.39, 0.29) is 30.7 Å². The highest BCUT2D eigenvalue weighted by Crippen LogP contribution is 2.41. The molecule has 0 saturated carbocycles. The molecule has 0 N–H and O–H groups in total. The first kappa shape index (κ1) is 18.9. The van der Waals surface area contributed by atoms with Crippen LogP contribution in [0.3, 0.4) is 0 Å². The number of carbonyl (C=O) groups excluding carboxylic acids is 1. The summed E-state index contributed by atoms with van der Waals surface area (Å²) in [6.07, 6.45) is 0.873. The molecule has 6 heteroatoms. The third-order valence-corrected chi connectivity index (χ3v) is 6.11. The summed E-state index contributed by atoms with van der Waals surface area (Å²) >= 11 is 0. The molecule has 0 aromatic rings. The van der Waals surface area contributed by atoms with Crippen LogP contribution in [0, 0.1) is 0 Å². The molecule has 0 radical (unpaired) electrons. The normalized spacial score (nSPS) is 34.1. The van der Waals surface area contributed by atoms with Crippen molar-refractivity contribution in [1.82, 2.24) is 0 Å². The van der Waals surface area contributed by atoms with E-state index in [0.717, 1.165) is 0 Å². The van der Waals surface area contributed by atoms with Crippen LogP contribution in [0.1, 0.15) is 47.5 Å². The van der Waals surface area contributed by atoms with Crippen LogP contribution in [0.5, 0.6) is 0 Å². The Balaban J connectivity index is 1.96. The van der Waals surface area contributed by atoms with Gasteiger partial charge in [0, 0.05) is 6.42 Å². The number of esters is 1. The maximum atomic E-state index is 12.1. The SMILES string of the molecule is CC(C)(C)OC(=O)C[C@H]1C[C@@H]([C@@H]2O[C@H]2[Si](C)(C)C)OC(C)(C)O1. The van der Waals surface area contributed by atoms with Crippen LogP contribution in [-0.2, 0) is 23.7 Å². The zero-order valence-corrected chi connectivity index (χ0v) is 16.8. The Kier molecular flexibility index (Phi) is 5.04. The van der Waals surface area contributed by atoms with E-state index in [2.05, 4.69) is 19.6 Å². The van der Waals surface area contributed by atoms with E-state index in [4.69, 9.17) is 18.9 Å². The number of hydrogen-bond acceptors (Lipinski definition) is 5. The highest BCUT2D eigenvalue weighted by atomic mass is 28.3. The Bertz CT molecular complexity index is 449. The van der Waals surface area contributed by atoms with Crippen LogP contribution >= 0.6 is 0 Å². The molecule has 0 aliphatic carbocycles. The van der Waals surface area contributed by atoms with Crippen molar-refractivity contribution in [3.05, 3.63) is 0 Å². The van der Waals surface area contributed by atoms with Crippen molar-refractivity contribution in [3.63, 3.8) is 0 Å². The Labute approximate surface area is 141 Å². The van der Waals surface area contributed by atoms with Crippen molar-refractivity contribution >= 4 is 14.0 Å². The minimum atomic E-state index is -1.34. The van der Waals surface area contributed by atoms with E-state index in [1.807, 2.05) is 34.6 Å². The average Bonchev–Trinajstić information content (AvgIpc) is 3.01. The molecule has 5 nitrogen and oxygen atoms in total. The van der Waals surface area contributed by atoms with Gasteiger partial charge in [0.25, 0.3) is 0 Å². The third kappa shape index (κ3) is 5.55. The average molecular weight is 345 g/mol. The summed E-state index contributed by atoms with van der Waals surface area (Å²) in [6.45, 7) is 16.3. The molecule has 0 aromatic heterocycles. The second-order valence-electron chi connectivity index (χ2n) is 9.21. The number of rotatable bonds is 4. The lowest BCUT2D eigenvalue weighted by Crippen LogP contribution is -2.48. The molecular weight excluding hydrogens is 312 g/mol. The van der Waals surface area contributed by atoms with Crippen molar-refractivity contribution in [3.8, 4) is 0 Å². The maximum Gasteiger partial charge on any atom is 0.308 e. The zero-order chi connectivity index (χ0) is 17.6. The second kappa shape index (κ2) is 6.13. The van der Waals surface area contributed by atoms with Crippen molar-refractivity contribution < 1.29 is 23.7 Å². The minimum Gasteiger partial charge on any atom is -0.460 e. The molecule has 2 fully saturated rings. The third-order valence-electron chi connectivity index (χ3n) is 3.94. The first-order chi connectivity index (χ1) is 10.3. The van der Waals surface area contributed by atoms with E-state index >= 15 is 0 Å². The standard InChI is InChI=1S/C17H32O5Si/c1-16(2,3)22-13(18)10-11-9-12(21-17(4,5)20-11)14-15(19-14)23(6,7)8/h11-12,14-15H,9-10H2,1-8H3/t11-,12+,14+,15+/m1/s1. The van der Waals surface area contributed by atoms with Gasteiger partial charge in [-0.3, -0.25) is 4.79 Å². The summed E-state index contributed by atoms with van der Waals surface area (Å²) in [5.41, 5.74) is -0.136. The predicted octanol–water partition coefficient (Wildman–Crippen LogP) is 3.27. The fraction of sp³-hybridized carbons (Fsp3) is 0.941. The van der Waals surface area contributed by atoms with Gasteiger partial charge < -0.3 is 18.9 Å². The van der Waals surface area contributed by atoms with Crippen LogP contribution in [0.4, 0.5) is 0 Å². The Morgan fingerprint density at radius 3 is 2.30 bits per heavy atom. The molecule has 134 valence electrons. The molecule has 2 aliphatic rings. The van der Waals surface area contributed by atoms with Crippen molar-refractivity contribution in [1.29, 1.82) is 0 Å². The summed E-state index contributed by atoms with van der Waals surface area (Å²) in [4.78, 5) is 12.1. The van der Waals surface area contributed by atoms with Gasteiger partial charge in [-0.15, -0.1) is 0 Å². The van der Waals surface area contributed by atoms with Gasteiger partial charge in [0.05, 0.1) is 32.4 Å². The minimum absolute atomic E-state index is 0.0112. The highest BCUT2D eigenvalue weighted by Gasteiger charge is 2.55. The molecule has 2 aliphatic heterocycles. The van der Waals surface area contributed by atoms with E-state index in [0.29, 0.717) is 12.1 Å². The molecule has 2 rings (SSSR count). The summed E-state index contributed by atoms with van der Waals surface area (Å²) in [5.74, 6) is -0.927. The van der Waals surface area contributed by atoms with E-state index in [1.54, 1.807) is 0 Å².